The molecular formula is C14H17N3. The summed E-state index contributed by atoms with van der Waals surface area (Å²) in [5.74, 6) is 0.779. The van der Waals surface area contributed by atoms with Gasteiger partial charge in [-0.05, 0) is 30.5 Å². The van der Waals surface area contributed by atoms with Crippen LogP contribution in [0.15, 0.2) is 42.6 Å². The summed E-state index contributed by atoms with van der Waals surface area (Å²) in [6, 6.07) is 12.3. The second-order valence-corrected chi connectivity index (χ2v) is 4.05. The van der Waals surface area contributed by atoms with Gasteiger partial charge in [-0.2, -0.15) is 0 Å². The van der Waals surface area contributed by atoms with Crippen LogP contribution in [0.3, 0.4) is 0 Å². The van der Waals surface area contributed by atoms with E-state index in [4.69, 9.17) is 5.73 Å². The van der Waals surface area contributed by atoms with Crippen LogP contribution in [0.4, 0.5) is 11.5 Å². The molecule has 2 aromatic rings. The number of nitrogens with one attached hydrogen (secondary N) is 1. The highest BCUT2D eigenvalue weighted by atomic mass is 15.0. The highest BCUT2D eigenvalue weighted by Gasteiger charge is 2.01. The summed E-state index contributed by atoms with van der Waals surface area (Å²) in [6.07, 6.45) is 2.74. The summed E-state index contributed by atoms with van der Waals surface area (Å²) >= 11 is 0. The van der Waals surface area contributed by atoms with Gasteiger partial charge >= 0.3 is 0 Å². The normalized spacial score (nSPS) is 10.2. The minimum Gasteiger partial charge on any atom is -0.396 e. The molecule has 0 bridgehead atoms. The average Bonchev–Trinajstić information content (AvgIpc) is 2.36. The maximum atomic E-state index is 5.94. The van der Waals surface area contributed by atoms with Crippen LogP contribution >= 0.6 is 0 Å². The van der Waals surface area contributed by atoms with E-state index in [-0.39, 0.29) is 0 Å². The Hall–Kier alpha value is -2.03. The lowest BCUT2D eigenvalue weighted by molar-refractivity contribution is 1.01. The summed E-state index contributed by atoms with van der Waals surface area (Å²) < 4.78 is 0. The lowest BCUT2D eigenvalue weighted by atomic mass is 10.1. The first-order chi connectivity index (χ1) is 8.27. The minimum atomic E-state index is 0.737. The molecule has 0 aliphatic carbocycles. The van der Waals surface area contributed by atoms with E-state index in [1.807, 2.05) is 19.1 Å². The number of pyridine rings is 1. The van der Waals surface area contributed by atoms with E-state index >= 15 is 0 Å². The number of benzene rings is 1. The molecule has 0 aliphatic rings. The van der Waals surface area contributed by atoms with Crippen LogP contribution in [0.1, 0.15) is 11.1 Å². The summed E-state index contributed by atoms with van der Waals surface area (Å²) in [6.45, 7) is 2.82. The molecule has 0 spiro atoms. The number of anilines is 2. The van der Waals surface area contributed by atoms with Crippen LogP contribution < -0.4 is 11.1 Å². The van der Waals surface area contributed by atoms with Gasteiger partial charge in [-0.3, -0.25) is 0 Å². The molecule has 3 nitrogen and oxygen atoms in total. The number of nitrogens with two attached hydrogens (primary N) is 1. The van der Waals surface area contributed by atoms with Crippen molar-refractivity contribution in [2.24, 2.45) is 0 Å². The number of hydrogen-bond acceptors (Lipinski definition) is 3. The molecule has 1 heterocycles. The number of rotatable bonds is 4. The van der Waals surface area contributed by atoms with Crippen molar-refractivity contribution in [3.63, 3.8) is 0 Å². The van der Waals surface area contributed by atoms with E-state index in [9.17, 15) is 0 Å². The molecule has 0 radical (unpaired) electrons. The van der Waals surface area contributed by atoms with E-state index in [0.717, 1.165) is 30.0 Å². The van der Waals surface area contributed by atoms with Crippen LogP contribution in [-0.4, -0.2) is 11.5 Å². The second-order valence-electron chi connectivity index (χ2n) is 4.05. The first-order valence-electron chi connectivity index (χ1n) is 5.76. The largest absolute Gasteiger partial charge is 0.396 e. The first kappa shape index (κ1) is 11.5. The van der Waals surface area contributed by atoms with Crippen LogP contribution in [0.5, 0.6) is 0 Å². The van der Waals surface area contributed by atoms with E-state index < -0.39 is 0 Å². The van der Waals surface area contributed by atoms with Gasteiger partial charge in [0.1, 0.15) is 5.82 Å². The maximum absolute atomic E-state index is 5.94. The zero-order chi connectivity index (χ0) is 12.1. The molecular weight excluding hydrogens is 210 g/mol. The van der Waals surface area contributed by atoms with Gasteiger partial charge in [-0.15, -0.1) is 0 Å². The predicted molar refractivity (Wildman–Crippen MR) is 72.0 cm³/mol. The molecule has 0 saturated carbocycles. The van der Waals surface area contributed by atoms with Crippen LogP contribution in [-0.2, 0) is 6.42 Å². The monoisotopic (exact) mass is 227 g/mol. The molecule has 3 heteroatoms. The molecule has 0 saturated heterocycles. The van der Waals surface area contributed by atoms with Crippen molar-refractivity contribution in [1.29, 1.82) is 0 Å². The van der Waals surface area contributed by atoms with Crippen LogP contribution in [0.2, 0.25) is 0 Å². The number of hydrogen-bond donors (Lipinski definition) is 2. The number of aromatic nitrogens is 1. The number of nitrogens with zero attached hydrogens (tertiary/aromatic N) is 1. The predicted octanol–water partition coefficient (Wildman–Crippen LogP) is 2.63. The molecule has 17 heavy (non-hydrogen) atoms. The fourth-order valence-corrected chi connectivity index (χ4v) is 1.68. The van der Waals surface area contributed by atoms with Crippen molar-refractivity contribution in [2.45, 2.75) is 13.3 Å². The summed E-state index contributed by atoms with van der Waals surface area (Å²) in [4.78, 5) is 4.23. The second kappa shape index (κ2) is 5.34. The lowest BCUT2D eigenvalue weighted by Crippen LogP contribution is -2.09. The van der Waals surface area contributed by atoms with E-state index in [2.05, 4.69) is 34.6 Å². The van der Waals surface area contributed by atoms with Gasteiger partial charge in [-0.1, -0.05) is 30.3 Å². The van der Waals surface area contributed by atoms with Gasteiger partial charge in [0, 0.05) is 12.7 Å². The Kier molecular flexibility index (Phi) is 3.60. The molecule has 0 atom stereocenters. The topological polar surface area (TPSA) is 50.9 Å². The Morgan fingerprint density at radius 3 is 2.71 bits per heavy atom. The van der Waals surface area contributed by atoms with Crippen molar-refractivity contribution in [3.05, 3.63) is 53.7 Å². The zero-order valence-electron chi connectivity index (χ0n) is 9.98. The first-order valence-corrected chi connectivity index (χ1v) is 5.76. The zero-order valence-corrected chi connectivity index (χ0v) is 9.98. The SMILES string of the molecule is Cc1ccnc(NCCc2ccccc2)c1N. The lowest BCUT2D eigenvalue weighted by Gasteiger charge is -2.09. The fourth-order valence-electron chi connectivity index (χ4n) is 1.68. The smallest absolute Gasteiger partial charge is 0.149 e. The molecule has 3 N–H and O–H groups in total. The third-order valence-electron chi connectivity index (χ3n) is 2.76. The third-order valence-corrected chi connectivity index (χ3v) is 2.76. The van der Waals surface area contributed by atoms with E-state index in [0.29, 0.717) is 0 Å². The maximum Gasteiger partial charge on any atom is 0.149 e. The molecule has 0 unspecified atom stereocenters. The standard InChI is InChI=1S/C14H17N3/c1-11-7-9-16-14(13(11)15)17-10-8-12-5-3-2-4-6-12/h2-7,9H,8,10,15H2,1H3,(H,16,17). The highest BCUT2D eigenvalue weighted by Crippen LogP contribution is 2.18. The van der Waals surface area contributed by atoms with Crippen molar-refractivity contribution >= 4 is 11.5 Å². The van der Waals surface area contributed by atoms with E-state index in [1.165, 1.54) is 5.56 Å². The van der Waals surface area contributed by atoms with Gasteiger partial charge in [-0.25, -0.2) is 4.98 Å². The Balaban J connectivity index is 1.93. The van der Waals surface area contributed by atoms with Crippen molar-refractivity contribution in [3.8, 4) is 0 Å². The molecule has 0 fully saturated rings. The summed E-state index contributed by atoms with van der Waals surface area (Å²) in [7, 11) is 0. The van der Waals surface area contributed by atoms with Crippen LogP contribution in [0, 0.1) is 6.92 Å². The Morgan fingerprint density at radius 1 is 1.18 bits per heavy atom. The fraction of sp³-hybridized carbons (Fsp3) is 0.214. The van der Waals surface area contributed by atoms with Gasteiger partial charge in [0.15, 0.2) is 0 Å². The summed E-state index contributed by atoms with van der Waals surface area (Å²) in [5, 5.41) is 3.27. The van der Waals surface area contributed by atoms with Gasteiger partial charge in [0.05, 0.1) is 5.69 Å². The average molecular weight is 227 g/mol. The van der Waals surface area contributed by atoms with Gasteiger partial charge in [0.25, 0.3) is 0 Å². The van der Waals surface area contributed by atoms with Crippen molar-refractivity contribution in [2.75, 3.05) is 17.6 Å². The quantitative estimate of drug-likeness (QED) is 0.844. The van der Waals surface area contributed by atoms with E-state index in [1.54, 1.807) is 6.20 Å². The Labute approximate surface area is 102 Å². The van der Waals surface area contributed by atoms with Crippen LogP contribution in [0.25, 0.3) is 0 Å². The van der Waals surface area contributed by atoms with Crippen molar-refractivity contribution < 1.29 is 0 Å². The molecule has 1 aromatic heterocycles. The summed E-state index contributed by atoms with van der Waals surface area (Å²) in [5.41, 5.74) is 9.04. The van der Waals surface area contributed by atoms with Crippen molar-refractivity contribution in [1.82, 2.24) is 4.98 Å². The number of aryl methyl sites for hydroxylation is 1. The molecule has 0 amide bonds. The third kappa shape index (κ3) is 2.97. The molecule has 0 aliphatic heterocycles. The molecule has 88 valence electrons. The highest BCUT2D eigenvalue weighted by molar-refractivity contribution is 5.64. The Bertz CT molecular complexity index is 480. The molecule has 2 rings (SSSR count). The molecule has 1 aromatic carbocycles. The van der Waals surface area contributed by atoms with Gasteiger partial charge < -0.3 is 11.1 Å². The van der Waals surface area contributed by atoms with Gasteiger partial charge in [0.2, 0.25) is 0 Å². The number of nitrogen functional groups attached to an aromatic ring is 1. The Morgan fingerprint density at radius 2 is 1.94 bits per heavy atom. The minimum absolute atomic E-state index is 0.737.